The summed E-state index contributed by atoms with van der Waals surface area (Å²) in [5, 5.41) is 36.0. The summed E-state index contributed by atoms with van der Waals surface area (Å²) < 4.78 is -1.37. The molecule has 0 fully saturated rings. The third-order valence-corrected chi connectivity index (χ3v) is 1.50. The lowest BCUT2D eigenvalue weighted by molar-refractivity contribution is -1.11. The fourth-order valence-electron chi connectivity index (χ4n) is 0.712. The van der Waals surface area contributed by atoms with E-state index in [1.165, 1.54) is 0 Å². The Kier molecular flexibility index (Phi) is 5.11. The second-order valence-electron chi connectivity index (χ2n) is 2.16. The average molecular weight is 231 g/mol. The third kappa shape index (κ3) is 2.00. The minimum atomic E-state index is -2.79. The molecule has 2 unspecified atom stereocenters. The lowest BCUT2D eigenvalue weighted by Crippen LogP contribution is -3.00. The van der Waals surface area contributed by atoms with E-state index in [0.29, 0.717) is 0 Å². The van der Waals surface area contributed by atoms with Crippen molar-refractivity contribution in [3.63, 3.8) is 0 Å². The number of nitrogens with zero attached hydrogens (tertiary/aromatic N) is 2. The number of hydroxylamine groups is 5. The summed E-state index contributed by atoms with van der Waals surface area (Å²) in [5.74, 6) is 0. The van der Waals surface area contributed by atoms with Crippen molar-refractivity contribution >= 4 is 9.90 Å². The first kappa shape index (κ1) is 15.3. The molecule has 0 saturated carbocycles. The molecule has 1 aliphatic rings. The van der Waals surface area contributed by atoms with Gasteiger partial charge in [0.05, 0.1) is 6.20 Å². The van der Waals surface area contributed by atoms with Crippen molar-refractivity contribution in [1.29, 1.82) is 0 Å². The van der Waals surface area contributed by atoms with Crippen molar-refractivity contribution in [1.82, 2.24) is 5.06 Å². The third-order valence-electron chi connectivity index (χ3n) is 1.50. The van der Waals surface area contributed by atoms with E-state index in [4.69, 9.17) is 15.4 Å². The molecule has 0 aliphatic carbocycles. The van der Waals surface area contributed by atoms with E-state index < -0.39 is 10.7 Å². The maximum atomic E-state index is 9.23. The molecule has 0 aromatic carbocycles. The molecule has 1 aliphatic heterocycles. The zero-order valence-corrected chi connectivity index (χ0v) is 8.88. The van der Waals surface area contributed by atoms with Crippen LogP contribution in [0.1, 0.15) is 0 Å². The smallest absolute Gasteiger partial charge is 0.470 e. The van der Waals surface area contributed by atoms with Crippen LogP contribution in [0.2, 0.25) is 0 Å². The van der Waals surface area contributed by atoms with Gasteiger partial charge >= 0.3 is 6.03 Å². The van der Waals surface area contributed by atoms with E-state index in [0.717, 1.165) is 18.6 Å². The maximum Gasteiger partial charge on any atom is 0.470 e. The molecule has 4 N–H and O–H groups in total. The molecule has 1 rings (SSSR count). The second-order valence-corrected chi connectivity index (χ2v) is 2.16. The minimum absolute atomic E-state index is 0. The number of aliphatic hydroxyl groups is 2. The molecule has 6 nitrogen and oxygen atoms in total. The highest BCUT2D eigenvalue weighted by atomic mass is 35.5. The van der Waals surface area contributed by atoms with Gasteiger partial charge in [-0.05, 0) is 6.58 Å². The van der Waals surface area contributed by atoms with E-state index >= 15 is 0 Å². The van der Waals surface area contributed by atoms with Gasteiger partial charge in [-0.25, -0.2) is 5.21 Å². The Hall–Kier alpha value is -0.200. The van der Waals surface area contributed by atoms with Crippen molar-refractivity contribution < 1.29 is 37.7 Å². The summed E-state index contributed by atoms with van der Waals surface area (Å²) >= 11 is 0. The number of hydrogen-bond acceptors (Lipinski definition) is 5. The van der Waals surface area contributed by atoms with Crippen LogP contribution in [0.3, 0.4) is 0 Å². The predicted molar refractivity (Wildman–Crippen MR) is 43.3 cm³/mol. The molecular weight excluding hydrogens is 218 g/mol. The van der Waals surface area contributed by atoms with Gasteiger partial charge in [0.15, 0.2) is 6.20 Å². The van der Waals surface area contributed by atoms with Gasteiger partial charge in [0.2, 0.25) is 0 Å². The van der Waals surface area contributed by atoms with Crippen LogP contribution in [-0.4, -0.2) is 36.4 Å². The van der Waals surface area contributed by atoms with Crippen LogP contribution < -0.4 is 12.4 Å². The van der Waals surface area contributed by atoms with Gasteiger partial charge in [0.1, 0.15) is 6.20 Å². The summed E-state index contributed by atoms with van der Waals surface area (Å²) in [6.07, 6.45) is 2.71. The van der Waals surface area contributed by atoms with E-state index in [9.17, 15) is 5.21 Å². The molecule has 0 saturated heterocycles. The highest BCUT2D eigenvalue weighted by Crippen LogP contribution is 2.27. The lowest BCUT2D eigenvalue weighted by Gasteiger charge is -2.29. The standard InChI is InChI=1S/C5H9N2O4.ClH.H3P/c1-2-7(11)4-3-6(10)5(7,8)9;;/h2-4,8-11H,1H2;1H;1H3/q+1;;/p-1. The van der Waals surface area contributed by atoms with Gasteiger partial charge < -0.3 is 12.4 Å². The van der Waals surface area contributed by atoms with Gasteiger partial charge in [-0.1, -0.05) is 4.65 Å². The Labute approximate surface area is 84.5 Å². The minimum Gasteiger partial charge on any atom is -1.00 e. The molecular formula is C5H12ClN2O4P. The Morgan fingerprint density at radius 1 is 1.46 bits per heavy atom. The number of quaternary nitrogens is 1. The molecule has 1 heterocycles. The molecule has 8 heteroatoms. The highest BCUT2D eigenvalue weighted by molar-refractivity contribution is 6.92. The topological polar surface area (TPSA) is 84.2 Å². The van der Waals surface area contributed by atoms with Gasteiger partial charge in [-0.3, -0.25) is 15.4 Å². The zero-order chi connectivity index (χ0) is 8.70. The molecule has 0 bridgehead atoms. The van der Waals surface area contributed by atoms with E-state index in [2.05, 4.69) is 6.58 Å². The Morgan fingerprint density at radius 3 is 2.08 bits per heavy atom. The number of halogens is 1. The number of rotatable bonds is 1. The quantitative estimate of drug-likeness (QED) is 0.211. The van der Waals surface area contributed by atoms with Crippen molar-refractivity contribution in [3.05, 3.63) is 25.2 Å². The van der Waals surface area contributed by atoms with Crippen LogP contribution >= 0.6 is 9.90 Å². The highest BCUT2D eigenvalue weighted by Gasteiger charge is 2.56. The van der Waals surface area contributed by atoms with Crippen LogP contribution in [-0.2, 0) is 0 Å². The van der Waals surface area contributed by atoms with Crippen molar-refractivity contribution in [2.24, 2.45) is 0 Å². The summed E-state index contributed by atoms with van der Waals surface area (Å²) in [6.45, 7) is 3.16. The summed E-state index contributed by atoms with van der Waals surface area (Å²) in [4.78, 5) is 0. The van der Waals surface area contributed by atoms with Crippen molar-refractivity contribution in [3.8, 4) is 0 Å². The fourth-order valence-corrected chi connectivity index (χ4v) is 0.712. The zero-order valence-electron chi connectivity index (χ0n) is 6.71. The molecule has 78 valence electrons. The Balaban J connectivity index is 0. The van der Waals surface area contributed by atoms with Gasteiger partial charge in [-0.2, -0.15) is 9.90 Å². The van der Waals surface area contributed by atoms with Crippen LogP contribution in [0.5, 0.6) is 0 Å². The molecule has 2 atom stereocenters. The summed E-state index contributed by atoms with van der Waals surface area (Å²) in [7, 11) is 0. The monoisotopic (exact) mass is 230 g/mol. The van der Waals surface area contributed by atoms with Crippen LogP contribution in [0.4, 0.5) is 0 Å². The first-order chi connectivity index (χ1) is 4.94. The van der Waals surface area contributed by atoms with Crippen LogP contribution in [0.25, 0.3) is 0 Å². The fraction of sp³-hybridized carbons (Fsp3) is 0.200. The molecule has 0 amide bonds. The van der Waals surface area contributed by atoms with Gasteiger partial charge in [0, 0.05) is 0 Å². The number of hydrogen-bond donors (Lipinski definition) is 4. The normalized spacial score (nSPS) is 29.1. The average Bonchev–Trinajstić information content (AvgIpc) is 2.15. The van der Waals surface area contributed by atoms with Gasteiger partial charge in [0.25, 0.3) is 0 Å². The molecule has 0 aromatic heterocycles. The Bertz CT molecular complexity index is 225. The SMILES string of the molecule is C=C[N+]1(O)C=CN(O)C1(O)O.P.[Cl-]. The Morgan fingerprint density at radius 2 is 1.92 bits per heavy atom. The largest absolute Gasteiger partial charge is 1.00 e. The van der Waals surface area contributed by atoms with Crippen molar-refractivity contribution in [2.45, 2.75) is 6.03 Å². The van der Waals surface area contributed by atoms with Crippen LogP contribution in [0.15, 0.2) is 25.2 Å². The lowest BCUT2D eigenvalue weighted by atomic mass is 10.6. The molecule has 0 aromatic rings. The summed E-state index contributed by atoms with van der Waals surface area (Å²) in [5.41, 5.74) is 0. The first-order valence-electron chi connectivity index (χ1n) is 2.81. The van der Waals surface area contributed by atoms with Crippen LogP contribution in [0, 0.1) is 0 Å². The first-order valence-corrected chi connectivity index (χ1v) is 2.81. The van der Waals surface area contributed by atoms with Gasteiger partial charge in [-0.15, -0.1) is 5.06 Å². The van der Waals surface area contributed by atoms with E-state index in [-0.39, 0.29) is 27.4 Å². The van der Waals surface area contributed by atoms with Crippen molar-refractivity contribution in [2.75, 3.05) is 0 Å². The summed E-state index contributed by atoms with van der Waals surface area (Å²) in [6, 6.07) is -2.79. The molecule has 0 spiro atoms. The molecule has 13 heavy (non-hydrogen) atoms. The van der Waals surface area contributed by atoms with E-state index in [1.54, 1.807) is 0 Å². The maximum absolute atomic E-state index is 9.23. The molecule has 0 radical (unpaired) electrons. The second kappa shape index (κ2) is 4.34. The predicted octanol–water partition coefficient (Wildman–Crippen LogP) is -3.83. The van der Waals surface area contributed by atoms with E-state index in [1.807, 2.05) is 0 Å².